The fourth-order valence-corrected chi connectivity index (χ4v) is 5.73. The third-order valence-corrected chi connectivity index (χ3v) is 8.04. The molecule has 0 atom stereocenters. The Labute approximate surface area is 265 Å². The van der Waals surface area contributed by atoms with Crippen LogP contribution in [0.1, 0.15) is 34.2 Å². The molecule has 238 valence electrons. The molecule has 1 fully saturated rings. The van der Waals surface area contributed by atoms with Crippen LogP contribution in [0.4, 0.5) is 18.9 Å². The minimum absolute atomic E-state index is 0.0446. The van der Waals surface area contributed by atoms with Gasteiger partial charge in [0.25, 0.3) is 5.56 Å². The molecule has 1 aromatic heterocycles. The van der Waals surface area contributed by atoms with Crippen LogP contribution in [0.15, 0.2) is 53.3 Å². The van der Waals surface area contributed by atoms with Crippen molar-refractivity contribution in [2.75, 3.05) is 37.7 Å². The lowest BCUT2D eigenvalue weighted by molar-refractivity contribution is -0.137. The number of aromatic nitrogens is 2. The number of hydrogen-bond acceptors (Lipinski definition) is 7. The zero-order valence-corrected chi connectivity index (χ0v) is 25.4. The van der Waals surface area contributed by atoms with E-state index in [0.29, 0.717) is 21.9 Å². The molecular formula is C32H27ClF3N5O5. The highest BCUT2D eigenvalue weighted by Gasteiger charge is 2.39. The average molecular weight is 654 g/mol. The SMILES string of the molecule is CC(=O)N1CCN(c2c(C(F)(F)F)cc3nc(C)n(CCOc4ccc(Cl)cc4-c4cccc(C(=O)O)c4)c(=O)c3c2C#N)CC1. The van der Waals surface area contributed by atoms with Gasteiger partial charge in [-0.15, -0.1) is 0 Å². The zero-order chi connectivity index (χ0) is 33.3. The second-order valence-corrected chi connectivity index (χ2v) is 11.1. The third kappa shape index (κ3) is 6.34. The van der Waals surface area contributed by atoms with Gasteiger partial charge < -0.3 is 19.6 Å². The number of carboxylic acid groups (broad SMARTS) is 1. The monoisotopic (exact) mass is 653 g/mol. The van der Waals surface area contributed by atoms with Crippen molar-refractivity contribution in [1.82, 2.24) is 14.5 Å². The Morgan fingerprint density at radius 3 is 2.46 bits per heavy atom. The number of amides is 1. The molecule has 2 heterocycles. The molecule has 0 bridgehead atoms. The van der Waals surface area contributed by atoms with E-state index in [4.69, 9.17) is 16.3 Å². The molecule has 3 aromatic carbocycles. The Morgan fingerprint density at radius 1 is 1.11 bits per heavy atom. The standard InChI is InChI=1S/C32H27ClF3N5O5/c1-18-38-26-16-25(32(34,35)36)29(40-10-8-39(9-11-40)19(2)42)24(17-37)28(26)30(43)41(18)12-13-46-27-7-6-22(33)15-23(27)20-4-3-5-21(14-20)31(44)45/h3-7,14-16H,8-13H2,1-2H3,(H,44,45). The first-order chi connectivity index (χ1) is 21.8. The fraction of sp³-hybridized carbons (Fsp3) is 0.281. The van der Waals surface area contributed by atoms with Gasteiger partial charge in [-0.2, -0.15) is 18.4 Å². The molecule has 14 heteroatoms. The number of alkyl halides is 3. The Hall–Kier alpha value is -5.09. The molecule has 46 heavy (non-hydrogen) atoms. The van der Waals surface area contributed by atoms with Crippen molar-refractivity contribution in [3.63, 3.8) is 0 Å². The van der Waals surface area contributed by atoms with E-state index in [1.807, 2.05) is 6.07 Å². The summed E-state index contributed by atoms with van der Waals surface area (Å²) >= 11 is 6.21. The summed E-state index contributed by atoms with van der Waals surface area (Å²) in [5.74, 6) is -0.845. The van der Waals surface area contributed by atoms with Crippen molar-refractivity contribution < 1.29 is 32.6 Å². The third-order valence-electron chi connectivity index (χ3n) is 7.80. The molecular weight excluding hydrogens is 627 g/mol. The van der Waals surface area contributed by atoms with Gasteiger partial charge >= 0.3 is 12.1 Å². The first-order valence-electron chi connectivity index (χ1n) is 14.1. The predicted molar refractivity (Wildman–Crippen MR) is 164 cm³/mol. The molecule has 5 rings (SSSR count). The van der Waals surface area contributed by atoms with Crippen LogP contribution in [-0.4, -0.2) is 64.2 Å². The van der Waals surface area contributed by atoms with Gasteiger partial charge in [-0.1, -0.05) is 23.7 Å². The molecule has 0 unspecified atom stereocenters. The number of nitriles is 1. The number of halogens is 4. The fourth-order valence-electron chi connectivity index (χ4n) is 5.56. The number of benzene rings is 3. The van der Waals surface area contributed by atoms with Crippen LogP contribution in [0.2, 0.25) is 5.02 Å². The number of carbonyl (C=O) groups is 2. The van der Waals surface area contributed by atoms with Gasteiger partial charge in [0.05, 0.1) is 39.8 Å². The maximum absolute atomic E-state index is 14.3. The first-order valence-corrected chi connectivity index (χ1v) is 14.5. The molecule has 0 aliphatic carbocycles. The van der Waals surface area contributed by atoms with Gasteiger partial charge in [0.2, 0.25) is 5.91 Å². The van der Waals surface area contributed by atoms with Crippen molar-refractivity contribution in [1.29, 1.82) is 5.26 Å². The van der Waals surface area contributed by atoms with Crippen LogP contribution >= 0.6 is 11.6 Å². The first kappa shape index (κ1) is 32.3. The Morgan fingerprint density at radius 2 is 1.83 bits per heavy atom. The van der Waals surface area contributed by atoms with E-state index in [9.17, 15) is 37.9 Å². The lowest BCUT2D eigenvalue weighted by atomic mass is 10.00. The Kier molecular flexibility index (Phi) is 8.94. The van der Waals surface area contributed by atoms with Gasteiger partial charge in [0.1, 0.15) is 24.3 Å². The molecule has 1 aliphatic heterocycles. The van der Waals surface area contributed by atoms with Gasteiger partial charge in [0, 0.05) is 43.7 Å². The Balaban J connectivity index is 1.51. The number of ether oxygens (including phenoxy) is 1. The second-order valence-electron chi connectivity index (χ2n) is 10.6. The predicted octanol–water partition coefficient (Wildman–Crippen LogP) is 5.36. The molecule has 0 radical (unpaired) electrons. The summed E-state index contributed by atoms with van der Waals surface area (Å²) in [4.78, 5) is 44.3. The lowest BCUT2D eigenvalue weighted by Crippen LogP contribution is -2.48. The highest BCUT2D eigenvalue weighted by molar-refractivity contribution is 6.31. The minimum atomic E-state index is -4.84. The van der Waals surface area contributed by atoms with Gasteiger partial charge in [0.15, 0.2) is 0 Å². The highest BCUT2D eigenvalue weighted by Crippen LogP contribution is 2.41. The summed E-state index contributed by atoms with van der Waals surface area (Å²) in [6.45, 7) is 3.12. The highest BCUT2D eigenvalue weighted by atomic mass is 35.5. The number of aryl methyl sites for hydroxylation is 1. The van der Waals surface area contributed by atoms with Crippen molar-refractivity contribution in [2.24, 2.45) is 0 Å². The molecule has 0 spiro atoms. The normalized spacial score (nSPS) is 13.5. The van der Waals surface area contributed by atoms with Crippen LogP contribution in [0, 0.1) is 18.3 Å². The van der Waals surface area contributed by atoms with E-state index in [1.165, 1.54) is 40.3 Å². The van der Waals surface area contributed by atoms with Gasteiger partial charge in [-0.05, 0) is 48.9 Å². The van der Waals surface area contributed by atoms with Gasteiger partial charge in [-0.25, -0.2) is 9.78 Å². The molecule has 10 nitrogen and oxygen atoms in total. The van der Waals surface area contributed by atoms with E-state index in [2.05, 4.69) is 4.98 Å². The average Bonchev–Trinajstić information content (AvgIpc) is 3.01. The van der Waals surface area contributed by atoms with E-state index in [1.54, 1.807) is 30.3 Å². The van der Waals surface area contributed by atoms with E-state index >= 15 is 0 Å². The Bertz CT molecular complexity index is 1960. The van der Waals surface area contributed by atoms with Crippen LogP contribution in [0.5, 0.6) is 5.75 Å². The summed E-state index contributed by atoms with van der Waals surface area (Å²) in [6.07, 6.45) is -4.84. The smallest absolute Gasteiger partial charge is 0.418 e. The number of piperazine rings is 1. The number of carboxylic acids is 1. The van der Waals surface area contributed by atoms with Gasteiger partial charge in [-0.3, -0.25) is 14.2 Å². The molecule has 0 saturated carbocycles. The summed E-state index contributed by atoms with van der Waals surface area (Å²) in [7, 11) is 0. The number of rotatable bonds is 7. The summed E-state index contributed by atoms with van der Waals surface area (Å²) < 4.78 is 50.2. The van der Waals surface area contributed by atoms with Crippen LogP contribution in [0.25, 0.3) is 22.0 Å². The number of aromatic carboxylic acids is 1. The molecule has 4 aromatic rings. The maximum atomic E-state index is 14.3. The number of hydrogen-bond donors (Lipinski definition) is 1. The lowest BCUT2D eigenvalue weighted by Gasteiger charge is -2.37. The van der Waals surface area contributed by atoms with Crippen molar-refractivity contribution in [3.05, 3.63) is 86.4 Å². The molecule has 1 saturated heterocycles. The minimum Gasteiger partial charge on any atom is -0.491 e. The van der Waals surface area contributed by atoms with Crippen molar-refractivity contribution >= 4 is 40.1 Å². The number of nitrogens with zero attached hydrogens (tertiary/aromatic N) is 5. The van der Waals surface area contributed by atoms with E-state index < -0.39 is 34.5 Å². The number of carbonyl (C=O) groups excluding carboxylic acids is 1. The summed E-state index contributed by atoms with van der Waals surface area (Å²) in [6, 6.07) is 13.6. The van der Waals surface area contributed by atoms with Crippen molar-refractivity contribution in [3.8, 4) is 22.9 Å². The van der Waals surface area contributed by atoms with Crippen LogP contribution < -0.4 is 15.2 Å². The van der Waals surface area contributed by atoms with E-state index in [-0.39, 0.29) is 67.5 Å². The summed E-state index contributed by atoms with van der Waals surface area (Å²) in [5, 5.41) is 19.7. The molecule has 1 N–H and O–H groups in total. The van der Waals surface area contributed by atoms with Crippen LogP contribution in [-0.2, 0) is 17.5 Å². The summed E-state index contributed by atoms with van der Waals surface area (Å²) in [5.41, 5.74) is -1.78. The quantitative estimate of drug-likeness (QED) is 0.282. The zero-order valence-electron chi connectivity index (χ0n) is 24.7. The van der Waals surface area contributed by atoms with Crippen molar-refractivity contribution in [2.45, 2.75) is 26.6 Å². The topological polar surface area (TPSA) is 129 Å². The maximum Gasteiger partial charge on any atom is 0.418 e. The second kappa shape index (κ2) is 12.7. The van der Waals surface area contributed by atoms with Crippen LogP contribution in [0.3, 0.4) is 0 Å². The molecule has 1 amide bonds. The largest absolute Gasteiger partial charge is 0.491 e. The molecule has 1 aliphatic rings. The number of fused-ring (bicyclic) bond motifs is 1. The van der Waals surface area contributed by atoms with E-state index in [0.717, 1.165) is 6.07 Å². The number of anilines is 1.